The van der Waals surface area contributed by atoms with Crippen LogP contribution in [0.15, 0.2) is 18.2 Å². The first-order valence-electron chi connectivity index (χ1n) is 12.2. The highest BCUT2D eigenvalue weighted by Gasteiger charge is 2.60. The molecule has 3 aliphatic rings. The van der Waals surface area contributed by atoms with Gasteiger partial charge in [0.15, 0.2) is 0 Å². The van der Waals surface area contributed by atoms with Crippen LogP contribution in [-0.2, 0) is 11.3 Å². The molecular formula is C24H30ClF6N3O2. The van der Waals surface area contributed by atoms with Crippen molar-refractivity contribution < 1.29 is 35.9 Å². The zero-order valence-electron chi connectivity index (χ0n) is 19.8. The van der Waals surface area contributed by atoms with Crippen LogP contribution in [0.3, 0.4) is 0 Å². The van der Waals surface area contributed by atoms with E-state index < -0.39 is 24.5 Å². The predicted octanol–water partition coefficient (Wildman–Crippen LogP) is 6.25. The van der Waals surface area contributed by atoms with Gasteiger partial charge in [-0.3, -0.25) is 4.90 Å². The Morgan fingerprint density at radius 1 is 0.944 bits per heavy atom. The topological polar surface area (TPSA) is 36.0 Å². The van der Waals surface area contributed by atoms with Gasteiger partial charge < -0.3 is 14.5 Å². The summed E-state index contributed by atoms with van der Waals surface area (Å²) in [7, 11) is 0. The number of benzene rings is 1. The van der Waals surface area contributed by atoms with Gasteiger partial charge in [-0.15, -0.1) is 0 Å². The molecule has 0 radical (unpaired) electrons. The van der Waals surface area contributed by atoms with Crippen LogP contribution in [-0.4, -0.2) is 73.6 Å². The van der Waals surface area contributed by atoms with Crippen molar-refractivity contribution >= 4 is 23.4 Å². The van der Waals surface area contributed by atoms with Crippen molar-refractivity contribution in [2.45, 2.75) is 63.5 Å². The molecule has 5 nitrogen and oxygen atoms in total. The number of carbonyl (C=O) groups excluding carboxylic acids is 1. The monoisotopic (exact) mass is 541 g/mol. The molecule has 0 atom stereocenters. The van der Waals surface area contributed by atoms with E-state index in [2.05, 4.69) is 14.5 Å². The van der Waals surface area contributed by atoms with Gasteiger partial charge in [0, 0.05) is 43.4 Å². The number of anilines is 1. The number of hydrogen-bond acceptors (Lipinski definition) is 4. The summed E-state index contributed by atoms with van der Waals surface area (Å²) in [5.74, 6) is 0. The highest BCUT2D eigenvalue weighted by Crippen LogP contribution is 2.42. The van der Waals surface area contributed by atoms with E-state index in [0.29, 0.717) is 24.3 Å². The van der Waals surface area contributed by atoms with Gasteiger partial charge in [0.2, 0.25) is 0 Å². The van der Waals surface area contributed by atoms with Crippen LogP contribution < -0.4 is 4.90 Å². The SMILES string of the molecule is O=C(OC(C(F)(F)F)C(F)(F)F)N1CCC2(CCN(Cc3ccc(Cl)cc3N3CCCCC3)CC2)C1. The zero-order valence-corrected chi connectivity index (χ0v) is 20.6. The summed E-state index contributed by atoms with van der Waals surface area (Å²) in [5.41, 5.74) is 2.00. The smallest absolute Gasteiger partial charge is 0.426 e. The van der Waals surface area contributed by atoms with Crippen molar-refractivity contribution in [2.75, 3.05) is 44.2 Å². The summed E-state index contributed by atoms with van der Waals surface area (Å²) in [6, 6.07) is 5.93. The Hall–Kier alpha value is -1.88. The molecule has 0 bridgehead atoms. The van der Waals surface area contributed by atoms with E-state index in [1.165, 1.54) is 12.0 Å². The number of halogens is 7. The molecular weight excluding hydrogens is 512 g/mol. The minimum Gasteiger partial charge on any atom is -0.426 e. The van der Waals surface area contributed by atoms with Crippen LogP contribution in [0, 0.1) is 5.41 Å². The summed E-state index contributed by atoms with van der Waals surface area (Å²) < 4.78 is 80.5. The minimum atomic E-state index is -5.72. The molecule has 0 saturated carbocycles. The number of nitrogens with zero attached hydrogens (tertiary/aromatic N) is 3. The average Bonchev–Trinajstić information content (AvgIpc) is 3.23. The molecule has 4 rings (SSSR count). The number of amides is 1. The molecule has 0 N–H and O–H groups in total. The standard InChI is InChI=1S/C24H30ClF6N3O2/c25-18-5-4-17(19(14-18)33-9-2-1-3-10-33)15-32-11-6-22(7-12-32)8-13-34(16-22)21(35)36-20(23(26,27)28)24(29,30)31/h4-5,14,20H,1-3,6-13,15-16H2. The molecule has 3 heterocycles. The molecule has 0 aliphatic carbocycles. The Labute approximate surface area is 211 Å². The van der Waals surface area contributed by atoms with Crippen molar-refractivity contribution in [1.29, 1.82) is 0 Å². The zero-order chi connectivity index (χ0) is 26.1. The van der Waals surface area contributed by atoms with Gasteiger partial charge in [-0.25, -0.2) is 4.79 Å². The molecule has 1 aromatic rings. The Kier molecular flexibility index (Phi) is 7.90. The summed E-state index contributed by atoms with van der Waals surface area (Å²) in [6.45, 7) is 4.33. The number of hydrogen-bond donors (Lipinski definition) is 0. The summed E-state index contributed by atoms with van der Waals surface area (Å²) in [6.07, 6.45) is -11.7. The first-order valence-corrected chi connectivity index (χ1v) is 12.6. The van der Waals surface area contributed by atoms with Crippen LogP contribution in [0.25, 0.3) is 0 Å². The predicted molar refractivity (Wildman–Crippen MR) is 123 cm³/mol. The molecule has 202 valence electrons. The molecule has 0 aromatic heterocycles. The third kappa shape index (κ3) is 6.33. The molecule has 3 aliphatic heterocycles. The number of alkyl halides is 6. The molecule has 1 aromatic carbocycles. The van der Waals surface area contributed by atoms with Gasteiger partial charge in [-0.2, -0.15) is 26.3 Å². The molecule has 12 heteroatoms. The van der Waals surface area contributed by atoms with Gasteiger partial charge in [0.05, 0.1) is 0 Å². The Morgan fingerprint density at radius 3 is 2.17 bits per heavy atom. The van der Waals surface area contributed by atoms with Gasteiger partial charge in [0.1, 0.15) is 0 Å². The normalized spacial score (nSPS) is 21.4. The van der Waals surface area contributed by atoms with E-state index in [0.717, 1.165) is 56.2 Å². The summed E-state index contributed by atoms with van der Waals surface area (Å²) >= 11 is 6.27. The van der Waals surface area contributed by atoms with Gasteiger partial charge >= 0.3 is 18.4 Å². The molecule has 1 amide bonds. The summed E-state index contributed by atoms with van der Waals surface area (Å²) in [5, 5.41) is 0.688. The number of ether oxygens (including phenoxy) is 1. The van der Waals surface area contributed by atoms with E-state index in [4.69, 9.17) is 11.6 Å². The fraction of sp³-hybridized carbons (Fsp3) is 0.708. The largest absolute Gasteiger partial charge is 0.434 e. The Morgan fingerprint density at radius 2 is 1.56 bits per heavy atom. The minimum absolute atomic E-state index is 0.0809. The fourth-order valence-electron chi connectivity index (χ4n) is 5.52. The third-order valence-corrected chi connectivity index (χ3v) is 7.80. The maximum Gasteiger partial charge on any atom is 0.434 e. The van der Waals surface area contributed by atoms with E-state index in [1.54, 1.807) is 0 Å². The third-order valence-electron chi connectivity index (χ3n) is 7.56. The fourth-order valence-corrected chi connectivity index (χ4v) is 5.69. The molecule has 3 fully saturated rings. The van der Waals surface area contributed by atoms with E-state index >= 15 is 0 Å². The highest BCUT2D eigenvalue weighted by atomic mass is 35.5. The number of rotatable bonds is 4. The van der Waals surface area contributed by atoms with Gasteiger partial charge in [-0.1, -0.05) is 17.7 Å². The van der Waals surface area contributed by atoms with Crippen LogP contribution in [0.4, 0.5) is 36.8 Å². The molecule has 36 heavy (non-hydrogen) atoms. The van der Waals surface area contributed by atoms with Crippen LogP contribution >= 0.6 is 11.6 Å². The lowest BCUT2D eigenvalue weighted by molar-refractivity contribution is -0.308. The average molecular weight is 542 g/mol. The first kappa shape index (κ1) is 27.2. The van der Waals surface area contributed by atoms with Gasteiger partial charge in [0.25, 0.3) is 6.10 Å². The second-order valence-corrected chi connectivity index (χ2v) is 10.6. The van der Waals surface area contributed by atoms with Crippen molar-refractivity contribution in [3.05, 3.63) is 28.8 Å². The van der Waals surface area contributed by atoms with E-state index in [-0.39, 0.29) is 18.5 Å². The lowest BCUT2D eigenvalue weighted by Crippen LogP contribution is -2.48. The first-order chi connectivity index (χ1) is 16.9. The van der Waals surface area contributed by atoms with Crippen LogP contribution in [0.5, 0.6) is 0 Å². The van der Waals surface area contributed by atoms with Crippen molar-refractivity contribution in [3.8, 4) is 0 Å². The van der Waals surface area contributed by atoms with Crippen LogP contribution in [0.1, 0.15) is 44.1 Å². The number of likely N-dealkylation sites (tertiary alicyclic amines) is 2. The molecule has 3 saturated heterocycles. The van der Waals surface area contributed by atoms with Crippen molar-refractivity contribution in [1.82, 2.24) is 9.80 Å². The number of carbonyl (C=O) groups is 1. The second kappa shape index (κ2) is 10.5. The second-order valence-electron chi connectivity index (χ2n) is 10.1. The summed E-state index contributed by atoms with van der Waals surface area (Å²) in [4.78, 5) is 17.8. The number of piperidine rings is 2. The Bertz CT molecular complexity index is 913. The molecule has 0 unspecified atom stereocenters. The Balaban J connectivity index is 1.34. The van der Waals surface area contributed by atoms with Gasteiger partial charge in [-0.05, 0) is 74.7 Å². The lowest BCUT2D eigenvalue weighted by Gasteiger charge is -2.40. The van der Waals surface area contributed by atoms with E-state index in [1.807, 2.05) is 18.2 Å². The van der Waals surface area contributed by atoms with Crippen molar-refractivity contribution in [2.24, 2.45) is 5.41 Å². The maximum atomic E-state index is 12.8. The lowest BCUT2D eigenvalue weighted by atomic mass is 9.77. The van der Waals surface area contributed by atoms with Crippen molar-refractivity contribution in [3.63, 3.8) is 0 Å². The molecule has 1 spiro atoms. The maximum absolute atomic E-state index is 12.8. The highest BCUT2D eigenvalue weighted by molar-refractivity contribution is 6.30. The van der Waals surface area contributed by atoms with Crippen LogP contribution in [0.2, 0.25) is 5.02 Å². The quantitative estimate of drug-likeness (QED) is 0.422. The van der Waals surface area contributed by atoms with E-state index in [9.17, 15) is 31.1 Å².